The largest absolute Gasteiger partial charge is 0.497 e. The van der Waals surface area contributed by atoms with E-state index in [4.69, 9.17) is 4.74 Å². The molecule has 1 heterocycles. The maximum atomic E-state index is 5.11. The fourth-order valence-electron chi connectivity index (χ4n) is 1.25. The lowest BCUT2D eigenvalue weighted by Gasteiger charge is -1.99. The summed E-state index contributed by atoms with van der Waals surface area (Å²) in [5.41, 5.74) is 1.03. The molecule has 0 bridgehead atoms. The molecule has 0 N–H and O–H groups in total. The Hall–Kier alpha value is -1.07. The van der Waals surface area contributed by atoms with Crippen molar-refractivity contribution in [3.05, 3.63) is 24.3 Å². The van der Waals surface area contributed by atoms with Crippen molar-refractivity contribution in [1.82, 2.24) is 9.36 Å². The van der Waals surface area contributed by atoms with Crippen molar-refractivity contribution in [1.29, 1.82) is 0 Å². The normalized spacial score (nSPS) is 10.4. The van der Waals surface area contributed by atoms with Crippen molar-refractivity contribution < 1.29 is 4.74 Å². The maximum Gasteiger partial charge on any atom is 0.174 e. The van der Waals surface area contributed by atoms with E-state index < -0.39 is 0 Å². The third kappa shape index (κ3) is 2.54. The second-order valence-electron chi connectivity index (χ2n) is 3.05. The third-order valence-electron chi connectivity index (χ3n) is 2.02. The van der Waals surface area contributed by atoms with Gasteiger partial charge in [-0.15, -0.1) is 0 Å². The average Bonchev–Trinajstić information content (AvgIpc) is 2.78. The van der Waals surface area contributed by atoms with E-state index in [2.05, 4.69) is 16.3 Å². The molecule has 0 atom stereocenters. The molecule has 0 unspecified atom stereocenters. The lowest BCUT2D eigenvalue weighted by Crippen LogP contribution is -1.84. The van der Waals surface area contributed by atoms with Crippen molar-refractivity contribution in [2.24, 2.45) is 0 Å². The molecule has 0 saturated heterocycles. The summed E-state index contributed by atoms with van der Waals surface area (Å²) in [5, 5.41) is 0. The van der Waals surface area contributed by atoms with E-state index in [1.807, 2.05) is 24.3 Å². The number of ether oxygens (including phenoxy) is 1. The van der Waals surface area contributed by atoms with Crippen LogP contribution in [-0.2, 0) is 0 Å². The molecule has 1 aromatic carbocycles. The minimum absolute atomic E-state index is 0.795. The number of hydrogen-bond donors (Lipinski definition) is 0. The molecule has 0 aliphatic heterocycles. The number of thioether (sulfide) groups is 1. The van der Waals surface area contributed by atoms with E-state index >= 15 is 0 Å². The summed E-state index contributed by atoms with van der Waals surface area (Å²) >= 11 is 3.17. The summed E-state index contributed by atoms with van der Waals surface area (Å²) in [6.07, 6.45) is 0. The van der Waals surface area contributed by atoms with Crippen LogP contribution >= 0.6 is 23.3 Å². The van der Waals surface area contributed by atoms with Gasteiger partial charge < -0.3 is 4.74 Å². The number of hydrogen-bond acceptors (Lipinski definition) is 5. The number of benzene rings is 1. The fourth-order valence-corrected chi connectivity index (χ4v) is 2.76. The van der Waals surface area contributed by atoms with Crippen LogP contribution in [-0.4, -0.2) is 22.2 Å². The Bertz CT molecular complexity index is 453. The minimum Gasteiger partial charge on any atom is -0.497 e. The first-order valence-corrected chi connectivity index (χ1v) is 6.70. The summed E-state index contributed by atoms with van der Waals surface area (Å²) in [6, 6.07) is 7.79. The number of aromatic nitrogens is 2. The molecule has 2 rings (SSSR count). The van der Waals surface area contributed by atoms with E-state index in [-0.39, 0.29) is 0 Å². The van der Waals surface area contributed by atoms with Gasteiger partial charge in [0.05, 0.1) is 7.11 Å². The highest BCUT2D eigenvalue weighted by molar-refractivity contribution is 8.00. The van der Waals surface area contributed by atoms with Gasteiger partial charge in [0, 0.05) is 5.56 Å². The van der Waals surface area contributed by atoms with Gasteiger partial charge in [0.1, 0.15) is 5.75 Å². The third-order valence-corrected chi connectivity index (χ3v) is 3.74. The first-order valence-electron chi connectivity index (χ1n) is 4.94. The zero-order chi connectivity index (χ0) is 11.4. The highest BCUT2D eigenvalue weighted by Crippen LogP contribution is 2.25. The summed E-state index contributed by atoms with van der Waals surface area (Å²) < 4.78 is 10.5. The van der Waals surface area contributed by atoms with E-state index in [1.54, 1.807) is 18.9 Å². The van der Waals surface area contributed by atoms with Crippen LogP contribution in [0.2, 0.25) is 0 Å². The van der Waals surface area contributed by atoms with Crippen LogP contribution in [0.4, 0.5) is 0 Å². The van der Waals surface area contributed by atoms with Crippen LogP contribution in [0, 0.1) is 0 Å². The Morgan fingerprint density at radius 3 is 2.69 bits per heavy atom. The minimum atomic E-state index is 0.795. The van der Waals surface area contributed by atoms with Gasteiger partial charge in [-0.2, -0.15) is 4.37 Å². The first kappa shape index (κ1) is 11.4. The summed E-state index contributed by atoms with van der Waals surface area (Å²) in [5.74, 6) is 2.67. The van der Waals surface area contributed by atoms with Gasteiger partial charge in [-0.25, -0.2) is 4.98 Å². The molecule has 2 aromatic rings. The Labute approximate surface area is 103 Å². The lowest BCUT2D eigenvalue weighted by molar-refractivity contribution is 0.415. The van der Waals surface area contributed by atoms with Crippen molar-refractivity contribution in [3.8, 4) is 17.1 Å². The fraction of sp³-hybridized carbons (Fsp3) is 0.273. The molecule has 0 saturated carbocycles. The van der Waals surface area contributed by atoms with E-state index in [0.29, 0.717) is 0 Å². The van der Waals surface area contributed by atoms with Crippen molar-refractivity contribution in [2.75, 3.05) is 12.9 Å². The van der Waals surface area contributed by atoms with Crippen LogP contribution in [0.3, 0.4) is 0 Å². The van der Waals surface area contributed by atoms with Gasteiger partial charge in [-0.1, -0.05) is 18.7 Å². The molecular weight excluding hydrogens is 240 g/mol. The van der Waals surface area contributed by atoms with Gasteiger partial charge in [0.25, 0.3) is 0 Å². The van der Waals surface area contributed by atoms with Gasteiger partial charge in [0.2, 0.25) is 0 Å². The number of methoxy groups -OCH3 is 1. The van der Waals surface area contributed by atoms with Crippen molar-refractivity contribution in [3.63, 3.8) is 0 Å². The molecule has 1 aromatic heterocycles. The molecule has 16 heavy (non-hydrogen) atoms. The van der Waals surface area contributed by atoms with Crippen molar-refractivity contribution >= 4 is 23.3 Å². The van der Waals surface area contributed by atoms with Gasteiger partial charge in [0.15, 0.2) is 10.2 Å². The Kier molecular flexibility index (Phi) is 3.79. The maximum absolute atomic E-state index is 5.11. The lowest BCUT2D eigenvalue weighted by atomic mass is 10.2. The average molecular weight is 252 g/mol. The smallest absolute Gasteiger partial charge is 0.174 e. The second kappa shape index (κ2) is 5.32. The van der Waals surface area contributed by atoms with E-state index in [9.17, 15) is 0 Å². The van der Waals surface area contributed by atoms with Crippen LogP contribution in [0.15, 0.2) is 28.6 Å². The van der Waals surface area contributed by atoms with E-state index in [0.717, 1.165) is 27.2 Å². The van der Waals surface area contributed by atoms with Gasteiger partial charge >= 0.3 is 0 Å². The van der Waals surface area contributed by atoms with Crippen LogP contribution in [0.1, 0.15) is 6.92 Å². The van der Waals surface area contributed by atoms with Crippen LogP contribution in [0.5, 0.6) is 5.75 Å². The zero-order valence-electron chi connectivity index (χ0n) is 9.14. The molecule has 0 fully saturated rings. The van der Waals surface area contributed by atoms with Crippen molar-refractivity contribution in [2.45, 2.75) is 11.3 Å². The quantitative estimate of drug-likeness (QED) is 0.782. The number of rotatable bonds is 4. The molecule has 0 spiro atoms. The van der Waals surface area contributed by atoms with Gasteiger partial charge in [-0.05, 0) is 41.6 Å². The Balaban J connectivity index is 2.21. The standard InChI is InChI=1S/C11H12N2OS2/c1-3-15-11-12-10(13-16-11)8-4-6-9(14-2)7-5-8/h4-7H,3H2,1-2H3. The predicted octanol–water partition coefficient (Wildman–Crippen LogP) is 3.33. The molecule has 5 heteroatoms. The molecule has 84 valence electrons. The molecule has 0 amide bonds. The van der Waals surface area contributed by atoms with E-state index in [1.165, 1.54) is 11.5 Å². The monoisotopic (exact) mass is 252 g/mol. The SMILES string of the molecule is CCSc1nc(-c2ccc(OC)cc2)ns1. The molecule has 0 aliphatic rings. The van der Waals surface area contributed by atoms with Gasteiger partial charge in [-0.3, -0.25) is 0 Å². The predicted molar refractivity (Wildman–Crippen MR) is 68.3 cm³/mol. The Morgan fingerprint density at radius 1 is 1.31 bits per heavy atom. The second-order valence-corrected chi connectivity index (χ2v) is 5.31. The highest BCUT2D eigenvalue weighted by atomic mass is 32.2. The van der Waals surface area contributed by atoms with Crippen LogP contribution in [0.25, 0.3) is 11.4 Å². The number of nitrogens with zero attached hydrogens (tertiary/aromatic N) is 2. The topological polar surface area (TPSA) is 35.0 Å². The summed E-state index contributed by atoms with van der Waals surface area (Å²) in [4.78, 5) is 4.46. The zero-order valence-corrected chi connectivity index (χ0v) is 10.8. The first-order chi connectivity index (χ1) is 7.83. The Morgan fingerprint density at radius 2 is 2.06 bits per heavy atom. The summed E-state index contributed by atoms with van der Waals surface area (Å²) in [7, 11) is 1.66. The molecule has 0 radical (unpaired) electrons. The molecule has 0 aliphatic carbocycles. The summed E-state index contributed by atoms with van der Waals surface area (Å²) in [6.45, 7) is 2.11. The van der Waals surface area contributed by atoms with Crippen LogP contribution < -0.4 is 4.74 Å². The molecule has 3 nitrogen and oxygen atoms in total. The highest BCUT2D eigenvalue weighted by Gasteiger charge is 2.06. The molecular formula is C11H12N2OS2.